The topological polar surface area (TPSA) is 88.1 Å². The Balaban J connectivity index is 2.70. The van der Waals surface area contributed by atoms with Crippen LogP contribution in [0, 0.1) is 0 Å². The fraction of sp³-hybridized carbons (Fsp3) is 0.636. The van der Waals surface area contributed by atoms with Crippen molar-refractivity contribution in [3.63, 3.8) is 0 Å². The summed E-state index contributed by atoms with van der Waals surface area (Å²) >= 11 is 0. The van der Waals surface area contributed by atoms with Crippen LogP contribution in [0.2, 0.25) is 0 Å². The van der Waals surface area contributed by atoms with Crippen molar-refractivity contribution in [2.24, 2.45) is 0 Å². The lowest BCUT2D eigenvalue weighted by Crippen LogP contribution is -2.47. The number of amides is 2. The first kappa shape index (κ1) is 24.8. The molecule has 1 rings (SSSR count). The number of rotatable bonds is 11. The zero-order valence-electron chi connectivity index (χ0n) is 18.1. The fourth-order valence-electron chi connectivity index (χ4n) is 2.70. The molecule has 0 aromatic heterocycles. The smallest absolute Gasteiger partial charge is 0.410 e. The van der Waals surface area contributed by atoms with Crippen molar-refractivity contribution in [3.05, 3.63) is 35.9 Å². The number of aliphatic hydroxyl groups is 1. The Kier molecular flexibility index (Phi) is 11.1. The maximum atomic E-state index is 12.5. The summed E-state index contributed by atoms with van der Waals surface area (Å²) in [5.74, 6) is 0. The lowest BCUT2D eigenvalue weighted by molar-refractivity contribution is 0.0217. The van der Waals surface area contributed by atoms with Gasteiger partial charge in [0.25, 0.3) is 0 Å². The van der Waals surface area contributed by atoms with E-state index in [4.69, 9.17) is 14.6 Å². The van der Waals surface area contributed by atoms with E-state index in [0.717, 1.165) is 24.8 Å². The Bertz CT molecular complexity index is 601. The molecule has 0 radical (unpaired) electrons. The number of carbonyl (C=O) groups excluding carboxylic acids is 2. The average Bonchev–Trinajstić information content (AvgIpc) is 2.66. The molecule has 0 bridgehead atoms. The van der Waals surface area contributed by atoms with E-state index in [2.05, 4.69) is 12.2 Å². The van der Waals surface area contributed by atoms with Crippen LogP contribution in [-0.2, 0) is 16.1 Å². The van der Waals surface area contributed by atoms with Gasteiger partial charge >= 0.3 is 12.2 Å². The first-order valence-electron chi connectivity index (χ1n) is 10.3. The molecule has 0 spiro atoms. The number of benzene rings is 1. The Labute approximate surface area is 174 Å². The molecule has 0 aliphatic carbocycles. The van der Waals surface area contributed by atoms with Gasteiger partial charge < -0.3 is 24.8 Å². The van der Waals surface area contributed by atoms with Crippen LogP contribution in [0.4, 0.5) is 9.59 Å². The molecule has 2 N–H and O–H groups in total. The SMILES string of the molecule is CCCC[C@H](CN(CCCO)C(=O)OC(C)(C)C)NC(=O)OCc1ccccc1. The summed E-state index contributed by atoms with van der Waals surface area (Å²) in [6, 6.07) is 9.20. The summed E-state index contributed by atoms with van der Waals surface area (Å²) in [6.45, 7) is 8.32. The van der Waals surface area contributed by atoms with Crippen LogP contribution >= 0.6 is 0 Å². The van der Waals surface area contributed by atoms with Gasteiger partial charge in [-0.1, -0.05) is 50.1 Å². The molecule has 7 nitrogen and oxygen atoms in total. The molecule has 1 atom stereocenters. The minimum Gasteiger partial charge on any atom is -0.445 e. The van der Waals surface area contributed by atoms with Gasteiger partial charge in [0.15, 0.2) is 0 Å². The Morgan fingerprint density at radius 1 is 1.17 bits per heavy atom. The van der Waals surface area contributed by atoms with Crippen molar-refractivity contribution in [1.82, 2.24) is 10.2 Å². The first-order valence-corrected chi connectivity index (χ1v) is 10.3. The third kappa shape index (κ3) is 11.3. The second-order valence-electron chi connectivity index (χ2n) is 8.05. The first-order chi connectivity index (χ1) is 13.7. The largest absolute Gasteiger partial charge is 0.445 e. The maximum absolute atomic E-state index is 12.5. The number of nitrogens with one attached hydrogen (secondary N) is 1. The highest BCUT2D eigenvalue weighted by Gasteiger charge is 2.25. The van der Waals surface area contributed by atoms with E-state index in [-0.39, 0.29) is 19.3 Å². The lowest BCUT2D eigenvalue weighted by Gasteiger charge is -2.30. The summed E-state index contributed by atoms with van der Waals surface area (Å²) in [4.78, 5) is 26.4. The van der Waals surface area contributed by atoms with Crippen molar-refractivity contribution < 1.29 is 24.2 Å². The number of carbonyl (C=O) groups is 2. The molecule has 7 heteroatoms. The van der Waals surface area contributed by atoms with E-state index < -0.39 is 17.8 Å². The molecule has 0 fully saturated rings. The van der Waals surface area contributed by atoms with Gasteiger partial charge in [0.2, 0.25) is 0 Å². The zero-order valence-corrected chi connectivity index (χ0v) is 18.1. The minimum atomic E-state index is -0.616. The number of alkyl carbamates (subject to hydrolysis) is 1. The van der Waals surface area contributed by atoms with Crippen molar-refractivity contribution in [3.8, 4) is 0 Å². The van der Waals surface area contributed by atoms with Gasteiger partial charge in [-0.05, 0) is 39.2 Å². The van der Waals surface area contributed by atoms with E-state index >= 15 is 0 Å². The second kappa shape index (κ2) is 13.0. The van der Waals surface area contributed by atoms with E-state index in [0.29, 0.717) is 19.5 Å². The number of hydrogen-bond donors (Lipinski definition) is 2. The predicted molar refractivity (Wildman–Crippen MR) is 113 cm³/mol. The molecule has 0 saturated heterocycles. The molecule has 0 unspecified atom stereocenters. The van der Waals surface area contributed by atoms with Crippen LogP contribution in [0.3, 0.4) is 0 Å². The minimum absolute atomic E-state index is 0.0224. The Morgan fingerprint density at radius 2 is 1.86 bits per heavy atom. The van der Waals surface area contributed by atoms with Gasteiger partial charge in [-0.15, -0.1) is 0 Å². The quantitative estimate of drug-likeness (QED) is 0.576. The van der Waals surface area contributed by atoms with Crippen molar-refractivity contribution in [2.75, 3.05) is 19.7 Å². The predicted octanol–water partition coefficient (Wildman–Crippen LogP) is 4.09. The molecular weight excluding hydrogens is 372 g/mol. The highest BCUT2D eigenvalue weighted by atomic mass is 16.6. The van der Waals surface area contributed by atoms with Crippen LogP contribution < -0.4 is 5.32 Å². The summed E-state index contributed by atoms with van der Waals surface area (Å²) < 4.78 is 10.8. The van der Waals surface area contributed by atoms with Crippen LogP contribution in [0.5, 0.6) is 0 Å². The summed E-state index contributed by atoms with van der Waals surface area (Å²) in [6.07, 6.45) is 2.08. The second-order valence-corrected chi connectivity index (χ2v) is 8.05. The average molecular weight is 409 g/mol. The third-order valence-electron chi connectivity index (χ3n) is 4.12. The van der Waals surface area contributed by atoms with Gasteiger partial charge in [-0.2, -0.15) is 0 Å². The van der Waals surface area contributed by atoms with Crippen molar-refractivity contribution in [2.45, 2.75) is 71.6 Å². The summed E-state index contributed by atoms with van der Waals surface area (Å²) in [5.41, 5.74) is 0.293. The van der Waals surface area contributed by atoms with Crippen LogP contribution in [0.15, 0.2) is 30.3 Å². The molecule has 2 amide bonds. The molecule has 0 aliphatic rings. The number of nitrogens with zero attached hydrogens (tertiary/aromatic N) is 1. The molecule has 0 heterocycles. The fourth-order valence-corrected chi connectivity index (χ4v) is 2.70. The van der Waals surface area contributed by atoms with Gasteiger partial charge in [0.1, 0.15) is 12.2 Å². The van der Waals surface area contributed by atoms with E-state index in [1.807, 2.05) is 51.1 Å². The summed E-state index contributed by atoms with van der Waals surface area (Å²) in [7, 11) is 0. The van der Waals surface area contributed by atoms with Crippen LogP contribution in [-0.4, -0.2) is 53.5 Å². The molecule has 1 aromatic rings. The highest BCUT2D eigenvalue weighted by molar-refractivity contribution is 5.69. The highest BCUT2D eigenvalue weighted by Crippen LogP contribution is 2.12. The number of hydrogen-bond acceptors (Lipinski definition) is 5. The molecule has 1 aromatic carbocycles. The Hall–Kier alpha value is -2.28. The lowest BCUT2D eigenvalue weighted by atomic mass is 10.1. The number of ether oxygens (including phenoxy) is 2. The van der Waals surface area contributed by atoms with Gasteiger partial charge in [0.05, 0.1) is 0 Å². The standard InChI is InChI=1S/C22H36N2O5/c1-5-6-13-19(23-20(26)28-17-18-11-8-7-9-12-18)16-24(14-10-15-25)21(27)29-22(2,3)4/h7-9,11-12,19,25H,5-6,10,13-17H2,1-4H3,(H,23,26)/t19-/m1/s1. The van der Waals surface area contributed by atoms with Gasteiger partial charge in [0, 0.05) is 25.7 Å². The van der Waals surface area contributed by atoms with Gasteiger partial charge in [-0.3, -0.25) is 0 Å². The molecule has 29 heavy (non-hydrogen) atoms. The number of aliphatic hydroxyl groups excluding tert-OH is 1. The van der Waals surface area contributed by atoms with Gasteiger partial charge in [-0.25, -0.2) is 9.59 Å². The van der Waals surface area contributed by atoms with Crippen molar-refractivity contribution in [1.29, 1.82) is 0 Å². The van der Waals surface area contributed by atoms with Crippen LogP contribution in [0.1, 0.15) is 58.9 Å². The molecule has 164 valence electrons. The number of unbranched alkanes of at least 4 members (excludes halogenated alkanes) is 1. The maximum Gasteiger partial charge on any atom is 0.410 e. The van der Waals surface area contributed by atoms with E-state index in [1.54, 1.807) is 4.90 Å². The molecular formula is C22H36N2O5. The van der Waals surface area contributed by atoms with E-state index in [9.17, 15) is 9.59 Å². The van der Waals surface area contributed by atoms with Crippen LogP contribution in [0.25, 0.3) is 0 Å². The monoisotopic (exact) mass is 408 g/mol. The zero-order chi connectivity index (χ0) is 21.7. The normalized spacial score (nSPS) is 12.2. The van der Waals surface area contributed by atoms with Crippen molar-refractivity contribution >= 4 is 12.2 Å². The summed E-state index contributed by atoms with van der Waals surface area (Å²) in [5, 5.41) is 12.0. The Morgan fingerprint density at radius 3 is 2.45 bits per heavy atom. The van der Waals surface area contributed by atoms with E-state index in [1.165, 1.54) is 0 Å². The molecule has 0 saturated carbocycles. The third-order valence-corrected chi connectivity index (χ3v) is 4.12. The molecule has 0 aliphatic heterocycles.